The molecule has 1 heterocycles. The third-order valence-corrected chi connectivity index (χ3v) is 4.85. The zero-order valence-electron chi connectivity index (χ0n) is 9.27. The van der Waals surface area contributed by atoms with E-state index in [1.807, 2.05) is 6.92 Å². The van der Waals surface area contributed by atoms with Crippen LogP contribution in [0.1, 0.15) is 20.3 Å². The first-order valence-corrected chi connectivity index (χ1v) is 7.41. The molecule has 3 atom stereocenters. The SMILES string of the molecule is CC[C@H](C)OC(=O)N[C@@H]1CS(=O)(=O)C[C@H]1Cl. The quantitative estimate of drug-likeness (QED) is 0.773. The van der Waals surface area contributed by atoms with Crippen LogP contribution in [-0.2, 0) is 14.6 Å². The van der Waals surface area contributed by atoms with E-state index in [1.165, 1.54) is 0 Å². The number of nitrogens with one attached hydrogen (secondary N) is 1. The van der Waals surface area contributed by atoms with Gasteiger partial charge in [-0.25, -0.2) is 13.2 Å². The van der Waals surface area contributed by atoms with Gasteiger partial charge >= 0.3 is 6.09 Å². The minimum absolute atomic E-state index is 0.0944. The van der Waals surface area contributed by atoms with Crippen molar-refractivity contribution >= 4 is 27.5 Å². The molecule has 0 aromatic rings. The van der Waals surface area contributed by atoms with Gasteiger partial charge in [0.15, 0.2) is 9.84 Å². The first-order chi connectivity index (χ1) is 7.34. The summed E-state index contributed by atoms with van der Waals surface area (Å²) in [4.78, 5) is 11.3. The molecule has 0 unspecified atom stereocenters. The first kappa shape index (κ1) is 13.6. The molecule has 1 N–H and O–H groups in total. The monoisotopic (exact) mass is 269 g/mol. The van der Waals surface area contributed by atoms with E-state index in [9.17, 15) is 13.2 Å². The number of alkyl halides is 1. The number of amides is 1. The highest BCUT2D eigenvalue weighted by molar-refractivity contribution is 7.91. The molecule has 16 heavy (non-hydrogen) atoms. The van der Waals surface area contributed by atoms with Crippen LogP contribution in [0.3, 0.4) is 0 Å². The van der Waals surface area contributed by atoms with Gasteiger partial charge in [0.25, 0.3) is 0 Å². The molecule has 1 aliphatic rings. The van der Waals surface area contributed by atoms with Crippen LogP contribution in [0.2, 0.25) is 0 Å². The van der Waals surface area contributed by atoms with Gasteiger partial charge in [-0.2, -0.15) is 0 Å². The van der Waals surface area contributed by atoms with Crippen LogP contribution in [0.15, 0.2) is 0 Å². The molecule has 1 rings (SSSR count). The standard InChI is InChI=1S/C9H16ClNO4S/c1-3-6(2)15-9(12)11-8-5-16(13,14)4-7(8)10/h6-8H,3-5H2,1-2H3,(H,11,12)/t6-,7+,8+/m0/s1. The number of carbonyl (C=O) groups excluding carboxylic acids is 1. The molecule has 1 amide bonds. The molecule has 0 aromatic carbocycles. The summed E-state index contributed by atoms with van der Waals surface area (Å²) in [7, 11) is -3.13. The molecule has 0 bridgehead atoms. The van der Waals surface area contributed by atoms with E-state index in [2.05, 4.69) is 5.32 Å². The van der Waals surface area contributed by atoms with Crippen LogP contribution in [0.25, 0.3) is 0 Å². The fourth-order valence-corrected chi connectivity index (χ4v) is 3.94. The maximum atomic E-state index is 11.3. The van der Waals surface area contributed by atoms with E-state index in [0.29, 0.717) is 6.42 Å². The summed E-state index contributed by atoms with van der Waals surface area (Å²) in [5.74, 6) is -0.209. The largest absolute Gasteiger partial charge is 0.447 e. The Labute approximate surface area is 100 Å². The number of ether oxygens (including phenoxy) is 1. The number of hydrogen-bond donors (Lipinski definition) is 1. The Morgan fingerprint density at radius 1 is 1.56 bits per heavy atom. The lowest BCUT2D eigenvalue weighted by Crippen LogP contribution is -2.41. The van der Waals surface area contributed by atoms with E-state index in [0.717, 1.165) is 0 Å². The number of rotatable bonds is 3. The van der Waals surface area contributed by atoms with E-state index < -0.39 is 27.3 Å². The zero-order valence-corrected chi connectivity index (χ0v) is 10.8. The zero-order chi connectivity index (χ0) is 12.3. The van der Waals surface area contributed by atoms with Crippen LogP contribution < -0.4 is 5.32 Å². The van der Waals surface area contributed by atoms with Crippen molar-refractivity contribution in [1.29, 1.82) is 0 Å². The summed E-state index contributed by atoms with van der Waals surface area (Å²) in [5.41, 5.74) is 0. The second-order valence-electron chi connectivity index (χ2n) is 3.97. The lowest BCUT2D eigenvalue weighted by molar-refractivity contribution is 0.102. The summed E-state index contributed by atoms with van der Waals surface area (Å²) in [6.45, 7) is 3.66. The third-order valence-electron chi connectivity index (χ3n) is 2.47. The van der Waals surface area contributed by atoms with Crippen LogP contribution in [0.4, 0.5) is 4.79 Å². The van der Waals surface area contributed by atoms with Crippen LogP contribution in [-0.4, -0.2) is 43.5 Å². The minimum atomic E-state index is -3.13. The van der Waals surface area contributed by atoms with Gasteiger partial charge in [0.2, 0.25) is 0 Å². The molecule has 1 aliphatic heterocycles. The fourth-order valence-electron chi connectivity index (χ4n) is 1.39. The van der Waals surface area contributed by atoms with Crippen molar-refractivity contribution in [3.8, 4) is 0 Å². The van der Waals surface area contributed by atoms with Crippen molar-refractivity contribution in [3.05, 3.63) is 0 Å². The average molecular weight is 270 g/mol. The Morgan fingerprint density at radius 2 is 2.19 bits per heavy atom. The highest BCUT2D eigenvalue weighted by atomic mass is 35.5. The first-order valence-electron chi connectivity index (χ1n) is 5.15. The van der Waals surface area contributed by atoms with Gasteiger partial charge in [-0.15, -0.1) is 11.6 Å². The van der Waals surface area contributed by atoms with E-state index >= 15 is 0 Å². The number of sulfone groups is 1. The molecule has 0 aliphatic carbocycles. The summed E-state index contributed by atoms with van der Waals surface area (Å²) in [5, 5.41) is 1.90. The van der Waals surface area contributed by atoms with Gasteiger partial charge in [-0.3, -0.25) is 0 Å². The lowest BCUT2D eigenvalue weighted by Gasteiger charge is -2.16. The second kappa shape index (κ2) is 5.23. The van der Waals surface area contributed by atoms with Gasteiger partial charge in [0, 0.05) is 0 Å². The molecule has 0 saturated carbocycles. The Kier molecular flexibility index (Phi) is 4.43. The van der Waals surface area contributed by atoms with Gasteiger partial charge in [0.1, 0.15) is 6.10 Å². The van der Waals surface area contributed by atoms with Crippen LogP contribution in [0.5, 0.6) is 0 Å². The summed E-state index contributed by atoms with van der Waals surface area (Å²) < 4.78 is 27.4. The third kappa shape index (κ3) is 3.83. The molecule has 1 fully saturated rings. The molecule has 1 saturated heterocycles. The van der Waals surface area contributed by atoms with Crippen LogP contribution in [0, 0.1) is 0 Å². The Hall–Kier alpha value is -0.490. The maximum absolute atomic E-state index is 11.3. The Morgan fingerprint density at radius 3 is 2.62 bits per heavy atom. The lowest BCUT2D eigenvalue weighted by atomic mass is 10.2. The smallest absolute Gasteiger partial charge is 0.407 e. The van der Waals surface area contributed by atoms with Gasteiger partial charge < -0.3 is 10.1 Å². The van der Waals surface area contributed by atoms with Crippen molar-refractivity contribution < 1.29 is 17.9 Å². The predicted molar refractivity (Wildman–Crippen MR) is 61.5 cm³/mol. The average Bonchev–Trinajstić information content (AvgIpc) is 2.39. The molecule has 94 valence electrons. The van der Waals surface area contributed by atoms with E-state index in [4.69, 9.17) is 16.3 Å². The molecule has 0 radical (unpaired) electrons. The highest BCUT2D eigenvalue weighted by Gasteiger charge is 2.37. The van der Waals surface area contributed by atoms with Crippen molar-refractivity contribution in [2.45, 2.75) is 37.8 Å². The number of alkyl carbamates (subject to hydrolysis) is 1. The predicted octanol–water partition coefficient (Wildman–Crippen LogP) is 0.915. The number of halogens is 1. The Bertz CT molecular complexity index is 357. The van der Waals surface area contributed by atoms with Crippen molar-refractivity contribution in [2.24, 2.45) is 0 Å². The van der Waals surface area contributed by atoms with Crippen molar-refractivity contribution in [2.75, 3.05) is 11.5 Å². The molecule has 0 spiro atoms. The highest BCUT2D eigenvalue weighted by Crippen LogP contribution is 2.18. The molecular weight excluding hydrogens is 254 g/mol. The van der Waals surface area contributed by atoms with E-state index in [1.54, 1.807) is 6.92 Å². The van der Waals surface area contributed by atoms with Gasteiger partial charge in [-0.05, 0) is 13.3 Å². The van der Waals surface area contributed by atoms with Gasteiger partial charge in [-0.1, -0.05) is 6.92 Å². The normalized spacial score (nSPS) is 29.7. The second-order valence-corrected chi connectivity index (χ2v) is 6.68. The van der Waals surface area contributed by atoms with Crippen molar-refractivity contribution in [1.82, 2.24) is 5.32 Å². The maximum Gasteiger partial charge on any atom is 0.407 e. The van der Waals surface area contributed by atoms with Crippen LogP contribution >= 0.6 is 11.6 Å². The van der Waals surface area contributed by atoms with E-state index in [-0.39, 0.29) is 17.6 Å². The topological polar surface area (TPSA) is 72.5 Å². The molecule has 7 heteroatoms. The minimum Gasteiger partial charge on any atom is -0.447 e. The number of hydrogen-bond acceptors (Lipinski definition) is 4. The molecular formula is C9H16ClNO4S. The number of carbonyl (C=O) groups is 1. The van der Waals surface area contributed by atoms with Crippen molar-refractivity contribution in [3.63, 3.8) is 0 Å². The fraction of sp³-hybridized carbons (Fsp3) is 0.889. The summed E-state index contributed by atoms with van der Waals surface area (Å²) in [6.07, 6.45) is -0.0883. The Balaban J connectivity index is 2.46. The van der Waals surface area contributed by atoms with Gasteiger partial charge in [0.05, 0.1) is 22.9 Å². The molecule has 5 nitrogen and oxygen atoms in total. The summed E-state index contributed by atoms with van der Waals surface area (Å²) >= 11 is 5.83. The molecule has 0 aromatic heterocycles. The summed E-state index contributed by atoms with van der Waals surface area (Å²) in [6, 6.07) is -0.553.